The molecular formula is C72H100N23O35P7S7. The number of ether oxygens (including phenoxy) is 7. The molecule has 16 heterocycles. The lowest BCUT2D eigenvalue weighted by Gasteiger charge is -2.32. The molecule has 0 saturated carbocycles. The SMILES string of the molecule is CC[C@H]1O[C@@H](n2cc(C)c(N)nc2=O)CC1OP(O)(=S)OC[C@H]1O[C@@H](N2C=C(C)C(N)NC2=O)CC1OP(O)(=S)OC[C@H]1O[C@@H](n2cc(C)c(N)nc2=O)CC1OP(O)(=S)OC[C@H]1O[C@@H](n2cnc3c(N)ncnc32)CC1OP(O)(=S)OC[C@H]1O[C@@H](n2cc(C)c(=O)[nH]c2=O)CC1OP(O)(=S)OC[C@H]1O[C@@H](n2cc(C)c(=O)[nH]c2=O)CC1OP(O)(=S)OC[C@H]1O[C@@H](n2cnc3c(N)ncnc32)CC1OP(O)(=S)OC. The highest BCUT2D eigenvalue weighted by Gasteiger charge is 2.52. The maximum atomic E-state index is 13.6. The van der Waals surface area contributed by atoms with Crippen molar-refractivity contribution in [2.45, 2.75) is 228 Å². The average molecular weight is 2290 g/mol. The second-order valence-electron chi connectivity index (χ2n) is 34.0. The first-order valence-electron chi connectivity index (χ1n) is 43.6. The Bertz CT molecular complexity index is 6980. The summed E-state index contributed by atoms with van der Waals surface area (Å²) in [6.07, 6.45) is -16.7. The van der Waals surface area contributed by atoms with Crippen molar-refractivity contribution in [2.75, 3.05) is 69.7 Å². The summed E-state index contributed by atoms with van der Waals surface area (Å²) in [5.74, 6) is -0.0253. The van der Waals surface area contributed by atoms with Crippen molar-refractivity contribution < 1.29 is 136 Å². The molecule has 72 heteroatoms. The molecule has 144 heavy (non-hydrogen) atoms. The van der Waals surface area contributed by atoms with Crippen LogP contribution in [0.5, 0.6) is 0 Å². The largest absolute Gasteiger partial charge is 0.383 e. The second kappa shape index (κ2) is 44.6. The number of nitrogen functional groups attached to an aromatic ring is 4. The highest BCUT2D eigenvalue weighted by molar-refractivity contribution is 8.09. The van der Waals surface area contributed by atoms with E-state index >= 15 is 0 Å². The van der Waals surface area contributed by atoms with Gasteiger partial charge in [-0.15, -0.1) is 0 Å². The number of carbonyl (C=O) groups excluding carboxylic acids is 1. The van der Waals surface area contributed by atoms with E-state index in [1.54, 1.807) is 27.7 Å². The molecule has 0 radical (unpaired) electrons. The number of carbonyl (C=O) groups is 1. The lowest BCUT2D eigenvalue weighted by Crippen LogP contribution is -2.54. The van der Waals surface area contributed by atoms with Gasteiger partial charge in [0.05, 0.1) is 101 Å². The van der Waals surface area contributed by atoms with Crippen molar-refractivity contribution in [2.24, 2.45) is 5.73 Å². The van der Waals surface area contributed by atoms with E-state index in [0.717, 1.165) is 27.1 Å². The summed E-state index contributed by atoms with van der Waals surface area (Å²) in [4.78, 5) is 215. The molecule has 0 spiro atoms. The zero-order valence-electron chi connectivity index (χ0n) is 76.4. The summed E-state index contributed by atoms with van der Waals surface area (Å²) >= 11 is 39.0. The van der Waals surface area contributed by atoms with Crippen molar-refractivity contribution in [1.82, 2.24) is 87.5 Å². The van der Waals surface area contributed by atoms with Crippen LogP contribution in [0.2, 0.25) is 0 Å². The van der Waals surface area contributed by atoms with Crippen molar-refractivity contribution >= 4 is 181 Å². The summed E-state index contributed by atoms with van der Waals surface area (Å²) in [6.45, 7) is -26.4. The molecule has 7 saturated heterocycles. The molecule has 8 aliphatic heterocycles. The van der Waals surface area contributed by atoms with Crippen LogP contribution in [0.25, 0.3) is 22.3 Å². The highest BCUT2D eigenvalue weighted by Crippen LogP contribution is 2.59. The molecule has 16 rings (SSSR count). The van der Waals surface area contributed by atoms with E-state index in [1.807, 2.05) is 0 Å². The third kappa shape index (κ3) is 26.1. The third-order valence-corrected chi connectivity index (χ3v) is 35.3. The van der Waals surface area contributed by atoms with Gasteiger partial charge < -0.3 is 165 Å². The van der Waals surface area contributed by atoms with Crippen LogP contribution in [0.15, 0.2) is 90.6 Å². The van der Waals surface area contributed by atoms with E-state index in [9.17, 15) is 67.8 Å². The Morgan fingerprint density at radius 1 is 0.382 bits per heavy atom. The van der Waals surface area contributed by atoms with Crippen LogP contribution in [0, 0.1) is 27.7 Å². The van der Waals surface area contributed by atoms with Crippen molar-refractivity contribution in [3.8, 4) is 0 Å². The molecule has 0 aliphatic carbocycles. The third-order valence-electron chi connectivity index (χ3n) is 24.1. The number of nitrogens with zero attached hydrogens (tertiary/aromatic N) is 15. The van der Waals surface area contributed by atoms with Crippen molar-refractivity contribution in [3.63, 3.8) is 0 Å². The number of aromatic nitrogens is 16. The Balaban J connectivity index is 0.604. The monoisotopic (exact) mass is 2290 g/mol. The van der Waals surface area contributed by atoms with Gasteiger partial charge in [-0.1, -0.05) is 6.92 Å². The van der Waals surface area contributed by atoms with Crippen molar-refractivity contribution in [3.05, 3.63) is 147 Å². The average Bonchev–Trinajstić information content (AvgIpc) is 1.62. The summed E-state index contributed by atoms with van der Waals surface area (Å²) in [5, 5.41) is 2.62. The number of fused-ring (bicyclic) bond motifs is 2. The van der Waals surface area contributed by atoms with E-state index in [1.165, 1.54) is 82.4 Å². The maximum Gasteiger partial charge on any atom is 0.351 e. The molecule has 0 aromatic carbocycles. The highest BCUT2D eigenvalue weighted by atomic mass is 32.5. The van der Waals surface area contributed by atoms with Gasteiger partial charge in [0, 0.05) is 105 Å². The lowest BCUT2D eigenvalue weighted by atomic mass is 10.1. The number of H-pyrrole nitrogens is 2. The molecule has 790 valence electrons. The van der Waals surface area contributed by atoms with Crippen LogP contribution < -0.4 is 67.9 Å². The summed E-state index contributed by atoms with van der Waals surface area (Å²) in [6, 6.07) is -0.685. The van der Waals surface area contributed by atoms with Crippen LogP contribution in [0.4, 0.5) is 28.1 Å². The molecule has 15 unspecified atom stereocenters. The molecule has 20 N–H and O–H groups in total. The maximum absolute atomic E-state index is 13.6. The number of aromatic amines is 2. The fourth-order valence-corrected chi connectivity index (χ4v) is 26.6. The number of amides is 2. The number of hydrogen-bond acceptors (Lipinski definition) is 48. The van der Waals surface area contributed by atoms with Gasteiger partial charge in [0.15, 0.2) is 22.9 Å². The second-order valence-corrected chi connectivity index (χ2v) is 53.7. The molecule has 58 nitrogen and oxygen atoms in total. The van der Waals surface area contributed by atoms with E-state index in [2.05, 4.69) is 55.2 Å². The lowest BCUT2D eigenvalue weighted by molar-refractivity contribution is -0.0591. The zero-order chi connectivity index (χ0) is 104. The molecule has 29 atom stereocenters. The molecule has 8 aromatic rings. The van der Waals surface area contributed by atoms with Gasteiger partial charge >= 0.3 is 75.8 Å². The van der Waals surface area contributed by atoms with Crippen LogP contribution >= 0.6 is 47.0 Å². The zero-order valence-corrected chi connectivity index (χ0v) is 88.4. The van der Waals surface area contributed by atoms with Gasteiger partial charge in [0.1, 0.15) is 122 Å². The van der Waals surface area contributed by atoms with E-state index in [-0.39, 0.29) is 95.3 Å². The van der Waals surface area contributed by atoms with Crippen LogP contribution in [-0.2, 0) is 179 Å². The van der Waals surface area contributed by atoms with E-state index in [4.69, 9.17) is 208 Å². The van der Waals surface area contributed by atoms with Gasteiger partial charge in [-0.05, 0) is 129 Å². The number of urea groups is 1. The Kier molecular flexibility index (Phi) is 34.2. The quantitative estimate of drug-likeness (QED) is 0.0240. The number of hydrogen-bond donors (Lipinski definition) is 15. The summed E-state index contributed by atoms with van der Waals surface area (Å²) in [5.41, 5.74) is 27.7. The van der Waals surface area contributed by atoms with Gasteiger partial charge in [-0.3, -0.25) is 51.9 Å². The van der Waals surface area contributed by atoms with Crippen LogP contribution in [0.3, 0.4) is 0 Å². The van der Waals surface area contributed by atoms with Crippen LogP contribution in [0.1, 0.15) is 125 Å². The first-order chi connectivity index (χ1) is 67.8. The minimum atomic E-state index is -4.73. The Morgan fingerprint density at radius 3 is 0.979 bits per heavy atom. The minimum absolute atomic E-state index is 0.0186. The van der Waals surface area contributed by atoms with Crippen LogP contribution in [-0.4, -0.2) is 267 Å². The molecule has 2 amide bonds. The predicted molar refractivity (Wildman–Crippen MR) is 526 cm³/mol. The van der Waals surface area contributed by atoms with Crippen molar-refractivity contribution in [1.29, 1.82) is 0 Å². The number of aryl methyl sites for hydroxylation is 4. The fraction of sp³-hybridized carbons (Fsp3) is 0.597. The first-order valence-corrected chi connectivity index (χ1v) is 61.7. The number of nitrogens with two attached hydrogens (primary N) is 5. The number of anilines is 4. The predicted octanol–water partition coefficient (Wildman–Crippen LogP) is 1.27. The van der Waals surface area contributed by atoms with Gasteiger partial charge in [-0.2, -0.15) is 9.97 Å². The van der Waals surface area contributed by atoms with E-state index in [0.29, 0.717) is 23.1 Å². The molecule has 8 aliphatic rings. The number of imidazole rings is 2. The summed E-state index contributed by atoms with van der Waals surface area (Å²) in [7, 11) is 1.14. The Morgan fingerprint density at radius 2 is 0.660 bits per heavy atom. The standard InChI is InChI=1S/C72H100N23O35P7S7/c1-8-36-37(9-50(117-36)89-16-31(2)59(73)84-68(89)98)125-132(104,139)111-22-45-39(10-51(118-45)90-17-32(3)60(74)85-69(90)99)126-134(106,141)113-23-46-40(11-52(119-46)91-18-33(4)61(75)86-70(91)100)127-136(108,143)116-26-49-43(15-56(123-49)95-30-83-58-63(77)79-28-81-65(58)95)130-137(109,144)115-25-48-42(13-54(121-48)93-20-35(6)67(97)88-72(93)102)129-135(107,142)114-24-47-41(12-53(120-47)92-19-34(5)66(96)87-71(92)101)128-133(105,140)112-21-44-38(124-131(103,138)110-7)14-55(122-44)94-29-82-57-62(76)78-27-80-64(57)94/h16-20,27-30,36-56,60H,8-15,21-26,74H2,1-7H3,(H,85,99)(H,103,138)(H,104,139)(H,105,140)(H,106,141)(H,107,142)(H,108,143)(H,109,144)(H2,73,84,98)(H2,75,86,100)(H2,76,78,80)(H2,77,79,81)(H,87,96,101)(H,88,97,102)/t36-,37?,38?,39?,40?,41?,42?,43?,44-,45-,46-,47-,48-,49-,50-,51-,52-,53-,54-,55-,56-,60?,131?,132?,133?,134?,135?,136?,137?/m1/s1. The molecular weight excluding hydrogens is 2190 g/mol. The van der Waals surface area contributed by atoms with Gasteiger partial charge in [0.25, 0.3) is 11.1 Å². The van der Waals surface area contributed by atoms with E-state index < -0.39 is 268 Å². The van der Waals surface area contributed by atoms with Gasteiger partial charge in [-0.25, -0.2) is 53.9 Å². The number of rotatable bonds is 41. The normalized spacial score (nSPS) is 30.8. The smallest absolute Gasteiger partial charge is 0.351 e. The van der Waals surface area contributed by atoms with Gasteiger partial charge in [0.2, 0.25) is 0 Å². The summed E-state index contributed by atoms with van der Waals surface area (Å²) < 4.78 is 136. The molecule has 8 aromatic heterocycles. The Labute approximate surface area is 849 Å². The minimum Gasteiger partial charge on any atom is -0.383 e. The number of nitrogens with one attached hydrogen (secondary N) is 3. The fourth-order valence-electron chi connectivity index (χ4n) is 16.8. The molecule has 7 fully saturated rings. The topological polar surface area (TPSA) is 765 Å². The molecule has 0 bridgehead atoms. The first kappa shape index (κ1) is 110. The Hall–Kier alpha value is -6.18.